The molecule has 0 spiro atoms. The zero-order valence-corrected chi connectivity index (χ0v) is 10.6. The summed E-state index contributed by atoms with van der Waals surface area (Å²) in [6.07, 6.45) is 4.46. The highest BCUT2D eigenvalue weighted by atomic mass is 16.5. The molecule has 3 N–H and O–H groups in total. The number of para-hydroxylation sites is 1. The average molecular weight is 246 g/mol. The first-order valence-corrected chi connectivity index (χ1v) is 5.78. The van der Waals surface area contributed by atoms with E-state index in [1.54, 1.807) is 13.0 Å². The van der Waals surface area contributed by atoms with Crippen molar-refractivity contribution < 1.29 is 9.53 Å². The predicted octanol–water partition coefficient (Wildman–Crippen LogP) is 1.22. The molecule has 0 heterocycles. The van der Waals surface area contributed by atoms with Crippen molar-refractivity contribution in [1.29, 1.82) is 0 Å². The molecule has 1 amide bonds. The van der Waals surface area contributed by atoms with Gasteiger partial charge in [0.25, 0.3) is 5.91 Å². The third-order valence-electron chi connectivity index (χ3n) is 2.45. The minimum atomic E-state index is -0.613. The SMILES string of the molecule is C#CCNC(=O)C(C)Oc1ccccc1[C@H](C)N. The summed E-state index contributed by atoms with van der Waals surface area (Å²) in [6.45, 7) is 3.73. The molecular weight excluding hydrogens is 228 g/mol. The van der Waals surface area contributed by atoms with Crippen LogP contribution in [0.5, 0.6) is 5.75 Å². The topological polar surface area (TPSA) is 64.3 Å². The zero-order chi connectivity index (χ0) is 13.5. The molecule has 1 aromatic rings. The number of benzene rings is 1. The minimum Gasteiger partial charge on any atom is -0.481 e. The third kappa shape index (κ3) is 3.79. The Morgan fingerprint density at radius 1 is 1.50 bits per heavy atom. The van der Waals surface area contributed by atoms with Crippen LogP contribution < -0.4 is 15.8 Å². The van der Waals surface area contributed by atoms with Crippen molar-refractivity contribution in [3.8, 4) is 18.1 Å². The average Bonchev–Trinajstić information content (AvgIpc) is 2.36. The number of carbonyl (C=O) groups is 1. The fraction of sp³-hybridized carbons (Fsp3) is 0.357. The monoisotopic (exact) mass is 246 g/mol. The van der Waals surface area contributed by atoms with Gasteiger partial charge in [0.1, 0.15) is 5.75 Å². The van der Waals surface area contributed by atoms with Crippen LogP contribution in [0.15, 0.2) is 24.3 Å². The Morgan fingerprint density at radius 2 is 2.17 bits per heavy atom. The largest absolute Gasteiger partial charge is 0.481 e. The van der Waals surface area contributed by atoms with E-state index in [1.165, 1.54) is 0 Å². The molecular formula is C14H18N2O2. The number of amides is 1. The van der Waals surface area contributed by atoms with Crippen LogP contribution in [0.25, 0.3) is 0 Å². The summed E-state index contributed by atoms with van der Waals surface area (Å²) in [4.78, 5) is 11.6. The van der Waals surface area contributed by atoms with Crippen molar-refractivity contribution in [2.45, 2.75) is 26.0 Å². The minimum absolute atomic E-state index is 0.151. The van der Waals surface area contributed by atoms with Crippen molar-refractivity contribution in [2.75, 3.05) is 6.54 Å². The van der Waals surface area contributed by atoms with Crippen LogP contribution in [0.4, 0.5) is 0 Å². The highest BCUT2D eigenvalue weighted by molar-refractivity contribution is 5.80. The summed E-state index contributed by atoms with van der Waals surface area (Å²) in [7, 11) is 0. The van der Waals surface area contributed by atoms with Gasteiger partial charge in [-0.25, -0.2) is 0 Å². The van der Waals surface area contributed by atoms with Gasteiger partial charge in [0.05, 0.1) is 6.54 Å². The molecule has 4 heteroatoms. The molecule has 1 rings (SSSR count). The number of terminal acetylenes is 1. The van der Waals surface area contributed by atoms with E-state index in [2.05, 4.69) is 11.2 Å². The Kier molecular flexibility index (Phi) is 5.22. The van der Waals surface area contributed by atoms with Crippen LogP contribution >= 0.6 is 0 Å². The first kappa shape index (κ1) is 14.1. The third-order valence-corrected chi connectivity index (χ3v) is 2.45. The molecule has 0 fully saturated rings. The summed E-state index contributed by atoms with van der Waals surface area (Å²) in [6, 6.07) is 7.25. The van der Waals surface area contributed by atoms with E-state index in [-0.39, 0.29) is 18.5 Å². The highest BCUT2D eigenvalue weighted by Gasteiger charge is 2.16. The van der Waals surface area contributed by atoms with Gasteiger partial charge < -0.3 is 15.8 Å². The number of hydrogen-bond donors (Lipinski definition) is 2. The lowest BCUT2D eigenvalue weighted by Gasteiger charge is -2.18. The van der Waals surface area contributed by atoms with Crippen LogP contribution in [0.3, 0.4) is 0 Å². The van der Waals surface area contributed by atoms with Crippen LogP contribution in [-0.4, -0.2) is 18.6 Å². The lowest BCUT2D eigenvalue weighted by Crippen LogP contribution is -2.36. The molecule has 4 nitrogen and oxygen atoms in total. The number of hydrogen-bond acceptors (Lipinski definition) is 3. The number of carbonyl (C=O) groups excluding carboxylic acids is 1. The summed E-state index contributed by atoms with van der Waals surface area (Å²) in [5, 5.41) is 2.57. The Morgan fingerprint density at radius 3 is 2.78 bits per heavy atom. The van der Waals surface area contributed by atoms with Gasteiger partial charge in [-0.15, -0.1) is 6.42 Å². The normalized spacial score (nSPS) is 13.2. The zero-order valence-electron chi connectivity index (χ0n) is 10.6. The van der Waals surface area contributed by atoms with Crippen LogP contribution in [0.2, 0.25) is 0 Å². The number of nitrogens with two attached hydrogens (primary N) is 1. The van der Waals surface area contributed by atoms with E-state index in [0.717, 1.165) is 5.56 Å². The van der Waals surface area contributed by atoms with Gasteiger partial charge >= 0.3 is 0 Å². The molecule has 0 radical (unpaired) electrons. The van der Waals surface area contributed by atoms with Crippen molar-refractivity contribution in [3.05, 3.63) is 29.8 Å². The van der Waals surface area contributed by atoms with E-state index < -0.39 is 6.10 Å². The maximum absolute atomic E-state index is 11.6. The van der Waals surface area contributed by atoms with Crippen LogP contribution in [0, 0.1) is 12.3 Å². The van der Waals surface area contributed by atoms with E-state index in [0.29, 0.717) is 5.75 Å². The van der Waals surface area contributed by atoms with Gasteiger partial charge in [-0.3, -0.25) is 4.79 Å². The highest BCUT2D eigenvalue weighted by Crippen LogP contribution is 2.24. The molecule has 1 unspecified atom stereocenters. The quantitative estimate of drug-likeness (QED) is 0.768. The fourth-order valence-corrected chi connectivity index (χ4v) is 1.49. The Hall–Kier alpha value is -1.99. The number of ether oxygens (including phenoxy) is 1. The van der Waals surface area contributed by atoms with Gasteiger partial charge in [-0.2, -0.15) is 0 Å². The summed E-state index contributed by atoms with van der Waals surface area (Å²) in [5.41, 5.74) is 6.71. The molecule has 0 bridgehead atoms. The molecule has 0 saturated heterocycles. The first-order chi connectivity index (χ1) is 8.56. The van der Waals surface area contributed by atoms with Gasteiger partial charge in [-0.1, -0.05) is 24.1 Å². The maximum atomic E-state index is 11.6. The molecule has 1 aromatic carbocycles. The second-order valence-electron chi connectivity index (χ2n) is 4.01. The maximum Gasteiger partial charge on any atom is 0.261 e. The van der Waals surface area contributed by atoms with Crippen molar-refractivity contribution in [3.63, 3.8) is 0 Å². The first-order valence-electron chi connectivity index (χ1n) is 5.78. The Labute approximate surface area is 108 Å². The standard InChI is InChI=1S/C14H18N2O2/c1-4-9-16-14(17)11(3)18-13-8-6-5-7-12(13)10(2)15/h1,5-8,10-11H,9,15H2,2-3H3,(H,16,17)/t10-,11?/m0/s1. The predicted molar refractivity (Wildman–Crippen MR) is 71.0 cm³/mol. The molecule has 0 aliphatic heterocycles. The Balaban J connectivity index is 2.73. The van der Waals surface area contributed by atoms with Crippen molar-refractivity contribution >= 4 is 5.91 Å². The summed E-state index contributed by atoms with van der Waals surface area (Å²) in [5.74, 6) is 2.72. The van der Waals surface area contributed by atoms with Crippen LogP contribution in [-0.2, 0) is 4.79 Å². The molecule has 0 aliphatic carbocycles. The van der Waals surface area contributed by atoms with Gasteiger partial charge in [0.2, 0.25) is 0 Å². The van der Waals surface area contributed by atoms with Crippen LogP contribution in [0.1, 0.15) is 25.5 Å². The van der Waals surface area contributed by atoms with E-state index in [4.69, 9.17) is 16.9 Å². The molecule has 0 aromatic heterocycles. The molecule has 0 aliphatic rings. The number of nitrogens with one attached hydrogen (secondary N) is 1. The van der Waals surface area contributed by atoms with Gasteiger partial charge in [-0.05, 0) is 19.9 Å². The lowest BCUT2D eigenvalue weighted by atomic mass is 10.1. The van der Waals surface area contributed by atoms with Crippen molar-refractivity contribution in [2.24, 2.45) is 5.73 Å². The van der Waals surface area contributed by atoms with Gasteiger partial charge in [0.15, 0.2) is 6.10 Å². The molecule has 2 atom stereocenters. The van der Waals surface area contributed by atoms with E-state index >= 15 is 0 Å². The molecule has 96 valence electrons. The Bertz CT molecular complexity index is 449. The summed E-state index contributed by atoms with van der Waals surface area (Å²) >= 11 is 0. The van der Waals surface area contributed by atoms with E-state index in [1.807, 2.05) is 25.1 Å². The van der Waals surface area contributed by atoms with E-state index in [9.17, 15) is 4.79 Å². The molecule has 0 saturated carbocycles. The van der Waals surface area contributed by atoms with Gasteiger partial charge in [0, 0.05) is 11.6 Å². The smallest absolute Gasteiger partial charge is 0.261 e. The lowest BCUT2D eigenvalue weighted by molar-refractivity contribution is -0.127. The molecule has 18 heavy (non-hydrogen) atoms. The second-order valence-corrected chi connectivity index (χ2v) is 4.01. The van der Waals surface area contributed by atoms with Crippen molar-refractivity contribution in [1.82, 2.24) is 5.32 Å². The fourth-order valence-electron chi connectivity index (χ4n) is 1.49. The number of rotatable bonds is 5. The second kappa shape index (κ2) is 6.67. The summed E-state index contributed by atoms with van der Waals surface area (Å²) < 4.78 is 5.60.